The van der Waals surface area contributed by atoms with Crippen LogP contribution in [0.15, 0.2) is 0 Å². The molecule has 0 saturated heterocycles. The Bertz CT molecular complexity index is 365. The van der Waals surface area contributed by atoms with E-state index in [1.54, 1.807) is 0 Å². The summed E-state index contributed by atoms with van der Waals surface area (Å²) in [5.41, 5.74) is 0. The Balaban J connectivity index is 3.82. The van der Waals surface area contributed by atoms with Crippen molar-refractivity contribution in [1.29, 1.82) is 0 Å². The Morgan fingerprint density at radius 2 is 0.829 bits per heavy atom. The van der Waals surface area contributed by atoms with Crippen LogP contribution in [0.5, 0.6) is 0 Å². The van der Waals surface area contributed by atoms with Crippen molar-refractivity contribution in [2.24, 2.45) is 0 Å². The van der Waals surface area contributed by atoms with Gasteiger partial charge in [0.1, 0.15) is 0 Å². The Morgan fingerprint density at radius 3 is 1.20 bits per heavy atom. The summed E-state index contributed by atoms with van der Waals surface area (Å²) in [6, 6.07) is 0. The van der Waals surface area contributed by atoms with Gasteiger partial charge in [-0.05, 0) is 25.8 Å². The van der Waals surface area contributed by atoms with Crippen molar-refractivity contribution >= 4 is 0 Å². The molecule has 2 unspecified atom stereocenters. The second kappa shape index (κ2) is 28.4. The molecule has 5 heteroatoms. The zero-order valence-corrected chi connectivity index (χ0v) is 24.0. The highest BCUT2D eigenvalue weighted by Crippen LogP contribution is 2.10. The molecule has 0 aliphatic heterocycles. The van der Waals surface area contributed by atoms with Crippen LogP contribution >= 0.6 is 0 Å². The second-order valence-corrected chi connectivity index (χ2v) is 10.5. The number of unbranched alkanes of at least 4 members (excludes halogenated alkanes) is 15. The molecule has 2 N–H and O–H groups in total. The third-order valence-electron chi connectivity index (χ3n) is 6.67. The number of aliphatic hydroxyl groups is 2. The van der Waals surface area contributed by atoms with Gasteiger partial charge in [0.05, 0.1) is 25.4 Å². The lowest BCUT2D eigenvalue weighted by atomic mass is 10.1. The lowest BCUT2D eigenvalue weighted by molar-refractivity contribution is -0.0112. The Labute approximate surface area is 219 Å². The minimum Gasteiger partial charge on any atom is -0.389 e. The molecule has 0 aliphatic carbocycles. The molecule has 35 heavy (non-hydrogen) atoms. The van der Waals surface area contributed by atoms with E-state index in [4.69, 9.17) is 9.47 Å². The molecule has 0 aromatic heterocycles. The van der Waals surface area contributed by atoms with Gasteiger partial charge in [0, 0.05) is 26.3 Å². The topological polar surface area (TPSA) is 62.2 Å². The molecule has 5 nitrogen and oxygen atoms in total. The van der Waals surface area contributed by atoms with Gasteiger partial charge >= 0.3 is 0 Å². The third-order valence-corrected chi connectivity index (χ3v) is 6.67. The van der Waals surface area contributed by atoms with Crippen LogP contribution < -0.4 is 0 Å². The zero-order valence-electron chi connectivity index (χ0n) is 24.0. The van der Waals surface area contributed by atoms with Gasteiger partial charge in [-0.1, -0.05) is 117 Å². The van der Waals surface area contributed by atoms with E-state index in [9.17, 15) is 10.2 Å². The number of nitrogens with zero attached hydrogens (tertiary/aromatic N) is 1. The quantitative estimate of drug-likeness (QED) is 0.107. The molecule has 0 heterocycles. The van der Waals surface area contributed by atoms with Crippen LogP contribution in [-0.4, -0.2) is 73.4 Å². The maximum absolute atomic E-state index is 10.4. The summed E-state index contributed by atoms with van der Waals surface area (Å²) in [6.07, 6.45) is 21.8. The minimum absolute atomic E-state index is 0.379. The smallest absolute Gasteiger partial charge is 0.0900 e. The van der Waals surface area contributed by atoms with Crippen molar-refractivity contribution in [3.8, 4) is 0 Å². The summed E-state index contributed by atoms with van der Waals surface area (Å²) in [7, 11) is 0. The van der Waals surface area contributed by atoms with Crippen LogP contribution in [0, 0.1) is 0 Å². The van der Waals surface area contributed by atoms with E-state index in [1.165, 1.54) is 89.9 Å². The SMILES string of the molecule is CCCCCCCCCCOCC(O)CN(CCCC)CC(O)COCCCCCCCCCC. The van der Waals surface area contributed by atoms with Crippen LogP contribution in [0.3, 0.4) is 0 Å². The maximum Gasteiger partial charge on any atom is 0.0900 e. The predicted octanol–water partition coefficient (Wildman–Crippen LogP) is 7.12. The van der Waals surface area contributed by atoms with Crippen LogP contribution in [0.25, 0.3) is 0 Å². The Morgan fingerprint density at radius 1 is 0.486 bits per heavy atom. The van der Waals surface area contributed by atoms with Gasteiger partial charge in [-0.2, -0.15) is 0 Å². The lowest BCUT2D eigenvalue weighted by Crippen LogP contribution is -2.41. The molecule has 0 amide bonds. The fraction of sp³-hybridized carbons (Fsp3) is 1.00. The van der Waals surface area contributed by atoms with Gasteiger partial charge in [-0.15, -0.1) is 0 Å². The molecule has 0 radical (unpaired) electrons. The summed E-state index contributed by atoms with van der Waals surface area (Å²) in [4.78, 5) is 2.16. The van der Waals surface area contributed by atoms with E-state index in [1.807, 2.05) is 0 Å². The van der Waals surface area contributed by atoms with E-state index in [-0.39, 0.29) is 0 Å². The monoisotopic (exact) mass is 501 g/mol. The normalized spacial score (nSPS) is 13.5. The molecular formula is C30H63NO4. The first-order chi connectivity index (χ1) is 17.1. The van der Waals surface area contributed by atoms with Crippen LogP contribution in [0.2, 0.25) is 0 Å². The zero-order chi connectivity index (χ0) is 25.8. The van der Waals surface area contributed by atoms with Gasteiger partial charge in [-0.3, -0.25) is 4.90 Å². The molecule has 0 rings (SSSR count). The maximum atomic E-state index is 10.4. The van der Waals surface area contributed by atoms with Crippen LogP contribution in [0.4, 0.5) is 0 Å². The molecule has 0 aromatic carbocycles. The largest absolute Gasteiger partial charge is 0.389 e. The molecule has 212 valence electrons. The van der Waals surface area contributed by atoms with Crippen molar-refractivity contribution in [3.05, 3.63) is 0 Å². The second-order valence-electron chi connectivity index (χ2n) is 10.5. The van der Waals surface area contributed by atoms with Crippen LogP contribution in [0.1, 0.15) is 136 Å². The fourth-order valence-electron chi connectivity index (χ4n) is 4.46. The van der Waals surface area contributed by atoms with Crippen molar-refractivity contribution in [2.75, 3.05) is 46.1 Å². The first-order valence-electron chi connectivity index (χ1n) is 15.4. The van der Waals surface area contributed by atoms with Crippen molar-refractivity contribution in [1.82, 2.24) is 4.90 Å². The summed E-state index contributed by atoms with van der Waals surface area (Å²) in [5.74, 6) is 0. The van der Waals surface area contributed by atoms with Gasteiger partial charge < -0.3 is 19.7 Å². The highest BCUT2D eigenvalue weighted by Gasteiger charge is 2.16. The predicted molar refractivity (Wildman–Crippen MR) is 150 cm³/mol. The van der Waals surface area contributed by atoms with E-state index >= 15 is 0 Å². The van der Waals surface area contributed by atoms with E-state index < -0.39 is 12.2 Å². The minimum atomic E-state index is -0.508. The molecule has 0 bridgehead atoms. The average Bonchev–Trinajstić information content (AvgIpc) is 2.84. The van der Waals surface area contributed by atoms with Crippen LogP contribution in [-0.2, 0) is 9.47 Å². The highest BCUT2D eigenvalue weighted by atomic mass is 16.5. The molecule has 0 fully saturated rings. The summed E-state index contributed by atoms with van der Waals surface area (Å²) in [6.45, 7) is 10.9. The summed E-state index contributed by atoms with van der Waals surface area (Å²) >= 11 is 0. The number of rotatable bonds is 29. The lowest BCUT2D eigenvalue weighted by Gasteiger charge is -2.27. The number of ether oxygens (including phenoxy) is 2. The van der Waals surface area contributed by atoms with Crippen molar-refractivity contribution < 1.29 is 19.7 Å². The fourth-order valence-corrected chi connectivity index (χ4v) is 4.46. The standard InChI is InChI=1S/C30H63NO4/c1-4-7-10-12-14-16-18-20-23-34-27-29(32)25-31(22-9-6-3)26-30(33)28-35-24-21-19-17-15-13-11-8-5-2/h29-30,32-33H,4-28H2,1-3H3. The van der Waals surface area contributed by atoms with E-state index in [0.717, 1.165) is 45.4 Å². The number of hydrogen-bond acceptors (Lipinski definition) is 5. The van der Waals surface area contributed by atoms with Gasteiger partial charge in [0.25, 0.3) is 0 Å². The van der Waals surface area contributed by atoms with Crippen molar-refractivity contribution in [2.45, 2.75) is 149 Å². The average molecular weight is 502 g/mol. The first kappa shape index (κ1) is 34.8. The van der Waals surface area contributed by atoms with Gasteiger partial charge in [-0.25, -0.2) is 0 Å². The molecule has 0 aliphatic rings. The highest BCUT2D eigenvalue weighted by molar-refractivity contribution is 4.69. The molecular weight excluding hydrogens is 438 g/mol. The Kier molecular flexibility index (Phi) is 28.2. The van der Waals surface area contributed by atoms with E-state index in [2.05, 4.69) is 25.7 Å². The van der Waals surface area contributed by atoms with E-state index in [0.29, 0.717) is 26.3 Å². The molecule has 0 saturated carbocycles. The summed E-state index contributed by atoms with van der Waals surface area (Å²) in [5, 5.41) is 20.9. The first-order valence-corrected chi connectivity index (χ1v) is 15.4. The summed E-state index contributed by atoms with van der Waals surface area (Å²) < 4.78 is 11.5. The van der Waals surface area contributed by atoms with Crippen molar-refractivity contribution in [3.63, 3.8) is 0 Å². The van der Waals surface area contributed by atoms with Gasteiger partial charge in [0.2, 0.25) is 0 Å². The number of aliphatic hydroxyl groups excluding tert-OH is 2. The molecule has 2 atom stereocenters. The molecule has 0 aromatic rings. The Hall–Kier alpha value is -0.200. The molecule has 0 spiro atoms. The van der Waals surface area contributed by atoms with Gasteiger partial charge in [0.15, 0.2) is 0 Å². The third kappa shape index (κ3) is 26.7. The number of hydrogen-bond donors (Lipinski definition) is 2.